The number of carboxylic acids is 1. The molecular weight excluding hydrogens is 540 g/mol. The Kier molecular flexibility index (Phi) is 10.3. The quantitative estimate of drug-likeness (QED) is 0.270. The third-order valence-electron chi connectivity index (χ3n) is 6.50. The molecule has 0 saturated carbocycles. The first-order valence-corrected chi connectivity index (χ1v) is 14.7. The molecule has 5 atom stereocenters. The zero-order chi connectivity index (χ0) is 28.7. The lowest BCUT2D eigenvalue weighted by molar-refractivity contribution is -0.143. The second-order valence-corrected chi connectivity index (χ2v) is 13.0. The number of phenols is 1. The van der Waals surface area contributed by atoms with Gasteiger partial charge < -0.3 is 31.9 Å². The number of aromatic hydroxyl groups is 1. The van der Waals surface area contributed by atoms with Crippen molar-refractivity contribution in [2.75, 3.05) is 5.75 Å². The summed E-state index contributed by atoms with van der Waals surface area (Å²) in [5.41, 5.74) is 7.64. The summed E-state index contributed by atoms with van der Waals surface area (Å²) in [6.07, 6.45) is 0.186. The average molecular weight is 575 g/mol. The molecule has 1 fully saturated rings. The van der Waals surface area contributed by atoms with E-state index in [1.807, 2.05) is 30.3 Å². The molecule has 1 aliphatic rings. The zero-order valence-electron chi connectivity index (χ0n) is 21.9. The number of hydrogen-bond donors (Lipinski definition) is 6. The number of amides is 3. The maximum Gasteiger partial charge on any atom is 0.327 e. The highest BCUT2D eigenvalue weighted by atomic mass is 33.1. The molecule has 7 N–H and O–H groups in total. The summed E-state index contributed by atoms with van der Waals surface area (Å²) in [4.78, 5) is 52.0. The van der Waals surface area contributed by atoms with Crippen LogP contribution < -0.4 is 21.7 Å². The molecule has 1 saturated heterocycles. The highest BCUT2D eigenvalue weighted by Crippen LogP contribution is 2.39. The molecule has 0 radical (unpaired) electrons. The maximum atomic E-state index is 13.5. The second kappa shape index (κ2) is 13.2. The molecular formula is C27H34N4O6S2. The summed E-state index contributed by atoms with van der Waals surface area (Å²) in [5, 5.41) is 27.4. The third-order valence-corrected chi connectivity index (χ3v) is 9.81. The molecule has 39 heavy (non-hydrogen) atoms. The van der Waals surface area contributed by atoms with E-state index >= 15 is 0 Å². The number of hydrogen-bond acceptors (Lipinski definition) is 8. The number of nitrogens with one attached hydrogen (secondary N) is 3. The van der Waals surface area contributed by atoms with Gasteiger partial charge in [-0.3, -0.25) is 14.4 Å². The number of carbonyl (C=O) groups is 4. The van der Waals surface area contributed by atoms with E-state index in [0.717, 1.165) is 11.1 Å². The van der Waals surface area contributed by atoms with E-state index in [9.17, 15) is 29.4 Å². The van der Waals surface area contributed by atoms with Crippen LogP contribution >= 0.6 is 21.6 Å². The number of phenolic OH excluding ortho intramolecular Hbond substituents is 1. The fourth-order valence-electron chi connectivity index (χ4n) is 4.13. The van der Waals surface area contributed by atoms with Gasteiger partial charge in [-0.2, -0.15) is 0 Å². The molecule has 12 heteroatoms. The predicted molar refractivity (Wildman–Crippen MR) is 152 cm³/mol. The Labute approximate surface area is 235 Å². The van der Waals surface area contributed by atoms with Crippen LogP contribution in [0.3, 0.4) is 0 Å². The van der Waals surface area contributed by atoms with Gasteiger partial charge in [0.1, 0.15) is 23.9 Å². The van der Waals surface area contributed by atoms with Crippen molar-refractivity contribution in [3.63, 3.8) is 0 Å². The van der Waals surface area contributed by atoms with E-state index in [-0.39, 0.29) is 17.9 Å². The zero-order valence-corrected chi connectivity index (χ0v) is 23.6. The summed E-state index contributed by atoms with van der Waals surface area (Å²) in [6.45, 7) is 5.17. The molecule has 3 amide bonds. The van der Waals surface area contributed by atoms with Gasteiger partial charge in [0.15, 0.2) is 0 Å². The monoisotopic (exact) mass is 574 g/mol. The van der Waals surface area contributed by atoms with Crippen LogP contribution in [0.15, 0.2) is 54.6 Å². The second-order valence-electron chi connectivity index (χ2n) is 9.97. The molecule has 0 aliphatic carbocycles. The van der Waals surface area contributed by atoms with Gasteiger partial charge >= 0.3 is 5.97 Å². The normalized spacial score (nSPS) is 23.3. The van der Waals surface area contributed by atoms with Crippen LogP contribution in [0.4, 0.5) is 0 Å². The van der Waals surface area contributed by atoms with Crippen LogP contribution in [0.1, 0.15) is 37.8 Å². The Morgan fingerprint density at radius 1 is 1.08 bits per heavy atom. The van der Waals surface area contributed by atoms with Crippen LogP contribution in [0.2, 0.25) is 0 Å². The number of benzene rings is 2. The number of aliphatic carboxylic acids is 1. The Bertz CT molecular complexity index is 1180. The highest BCUT2D eigenvalue weighted by Gasteiger charge is 2.41. The SMILES string of the molecule is C[C@H](c1ccccc1)[C@H]1NC(=O)C(NC(=O)[C@@H](N)Cc2ccc(O)cc2)CSSC(C)(C)[C@H](C(=O)O)NC1=O. The van der Waals surface area contributed by atoms with Gasteiger partial charge in [0.2, 0.25) is 17.7 Å². The van der Waals surface area contributed by atoms with Gasteiger partial charge in [-0.1, -0.05) is 71.0 Å². The van der Waals surface area contributed by atoms with Gasteiger partial charge in [-0.15, -0.1) is 0 Å². The summed E-state index contributed by atoms with van der Waals surface area (Å²) in [5.74, 6) is -3.25. The van der Waals surface area contributed by atoms with Crippen LogP contribution in [0.25, 0.3) is 0 Å². The molecule has 2 aromatic rings. The van der Waals surface area contributed by atoms with Gasteiger partial charge in [-0.05, 0) is 43.5 Å². The van der Waals surface area contributed by atoms with Crippen LogP contribution in [0.5, 0.6) is 5.75 Å². The van der Waals surface area contributed by atoms with Gasteiger partial charge in [0.05, 0.1) is 10.8 Å². The molecule has 210 valence electrons. The fourth-order valence-corrected chi connectivity index (χ4v) is 6.94. The number of nitrogens with two attached hydrogens (primary N) is 1. The van der Waals surface area contributed by atoms with Crippen molar-refractivity contribution in [2.24, 2.45) is 5.73 Å². The van der Waals surface area contributed by atoms with Crippen molar-refractivity contribution < 1.29 is 29.4 Å². The lowest BCUT2D eigenvalue weighted by Crippen LogP contribution is -2.60. The van der Waals surface area contributed by atoms with E-state index in [0.29, 0.717) is 0 Å². The minimum absolute atomic E-state index is 0.0942. The van der Waals surface area contributed by atoms with E-state index in [4.69, 9.17) is 5.73 Å². The maximum absolute atomic E-state index is 13.5. The minimum atomic E-state index is -1.23. The highest BCUT2D eigenvalue weighted by molar-refractivity contribution is 8.77. The number of rotatable bonds is 7. The standard InChI is InChI=1S/C27H34N4O6S2/c1-15(17-7-5-4-6-8-17)21-25(35)31-22(26(36)37)27(2,3)39-38-14-20(24(34)30-21)29-23(33)19(28)13-16-9-11-18(32)12-10-16/h4-12,15,19-22,32H,13-14,28H2,1-3H3,(H,29,33)(H,30,34)(H,31,35)(H,36,37)/t15-,19+,20?,21-,22+/m1/s1. The first-order valence-electron chi connectivity index (χ1n) is 12.4. The van der Waals surface area contributed by atoms with Crippen LogP contribution in [-0.2, 0) is 25.6 Å². The summed E-state index contributed by atoms with van der Waals surface area (Å²) < 4.78 is -0.941. The van der Waals surface area contributed by atoms with Crippen molar-refractivity contribution >= 4 is 45.3 Å². The Morgan fingerprint density at radius 2 is 1.72 bits per heavy atom. The molecule has 2 aromatic carbocycles. The Balaban J connectivity index is 1.86. The first kappa shape index (κ1) is 30.3. The van der Waals surface area contributed by atoms with E-state index in [1.54, 1.807) is 32.9 Å². The van der Waals surface area contributed by atoms with E-state index < -0.39 is 58.5 Å². The lowest BCUT2D eigenvalue weighted by Gasteiger charge is -2.32. The summed E-state index contributed by atoms with van der Waals surface area (Å²) in [6, 6.07) is 11.1. The Morgan fingerprint density at radius 3 is 2.33 bits per heavy atom. The Hall–Kier alpha value is -3.22. The van der Waals surface area contributed by atoms with Crippen LogP contribution in [-0.4, -0.2) is 68.6 Å². The average Bonchev–Trinajstić information content (AvgIpc) is 2.91. The molecule has 0 spiro atoms. The smallest absolute Gasteiger partial charge is 0.327 e. The van der Waals surface area contributed by atoms with Crippen molar-refractivity contribution in [3.05, 3.63) is 65.7 Å². The molecule has 1 unspecified atom stereocenters. The van der Waals surface area contributed by atoms with Gasteiger partial charge in [0.25, 0.3) is 0 Å². The fraction of sp³-hybridized carbons (Fsp3) is 0.407. The third kappa shape index (κ3) is 8.13. The largest absolute Gasteiger partial charge is 0.508 e. The summed E-state index contributed by atoms with van der Waals surface area (Å²) >= 11 is 0. The molecule has 1 aliphatic heterocycles. The van der Waals surface area contributed by atoms with E-state index in [2.05, 4.69) is 16.0 Å². The molecule has 0 aromatic heterocycles. The molecule has 0 bridgehead atoms. The number of carbonyl (C=O) groups excluding carboxylic acids is 3. The van der Waals surface area contributed by atoms with Crippen LogP contribution in [0, 0.1) is 0 Å². The van der Waals surface area contributed by atoms with Crippen molar-refractivity contribution in [2.45, 2.75) is 62.0 Å². The van der Waals surface area contributed by atoms with Crippen molar-refractivity contribution in [1.29, 1.82) is 0 Å². The summed E-state index contributed by atoms with van der Waals surface area (Å²) in [7, 11) is 2.44. The van der Waals surface area contributed by atoms with Crippen molar-refractivity contribution in [3.8, 4) is 5.75 Å². The van der Waals surface area contributed by atoms with Gasteiger partial charge in [0, 0.05) is 11.7 Å². The minimum Gasteiger partial charge on any atom is -0.508 e. The molecule has 1 heterocycles. The first-order chi connectivity index (χ1) is 18.4. The van der Waals surface area contributed by atoms with E-state index in [1.165, 1.54) is 33.7 Å². The molecule has 3 rings (SSSR count). The van der Waals surface area contributed by atoms with Gasteiger partial charge in [-0.25, -0.2) is 4.79 Å². The van der Waals surface area contributed by atoms with Crippen molar-refractivity contribution in [1.82, 2.24) is 16.0 Å². The molecule has 10 nitrogen and oxygen atoms in total. The number of carboxylic acid groups (broad SMARTS) is 1. The topological polar surface area (TPSA) is 171 Å². The predicted octanol–water partition coefficient (Wildman–Crippen LogP) is 1.78. The lowest BCUT2D eigenvalue weighted by atomic mass is 9.91.